The molecule has 1 aromatic rings. The summed E-state index contributed by atoms with van der Waals surface area (Å²) in [6, 6.07) is 7.01. The van der Waals surface area contributed by atoms with Crippen LogP contribution >= 0.6 is 0 Å². The van der Waals surface area contributed by atoms with Crippen LogP contribution in [0.5, 0.6) is 5.75 Å². The van der Waals surface area contributed by atoms with E-state index in [1.165, 1.54) is 11.1 Å². The molecule has 20 heavy (non-hydrogen) atoms. The van der Waals surface area contributed by atoms with E-state index in [9.17, 15) is 0 Å². The number of nitrogens with one attached hydrogen (secondary N) is 1. The fourth-order valence-electron chi connectivity index (χ4n) is 3.55. The third-order valence-corrected chi connectivity index (χ3v) is 4.85. The lowest BCUT2D eigenvalue weighted by Gasteiger charge is -2.27. The molecule has 110 valence electrons. The number of hydrogen-bond acceptors (Lipinski definition) is 3. The summed E-state index contributed by atoms with van der Waals surface area (Å²) in [6.07, 6.45) is 1.45. The molecule has 3 unspecified atom stereocenters. The van der Waals surface area contributed by atoms with Crippen molar-refractivity contribution in [2.45, 2.75) is 44.8 Å². The smallest absolute Gasteiger partial charge is 0.123 e. The molecular formula is C17H25NO2. The lowest BCUT2D eigenvalue weighted by Crippen LogP contribution is -2.29. The Morgan fingerprint density at radius 1 is 1.35 bits per heavy atom. The molecule has 0 amide bonds. The predicted octanol–water partition coefficient (Wildman–Crippen LogP) is 3.04. The normalized spacial score (nSPS) is 29.0. The van der Waals surface area contributed by atoms with Crippen LogP contribution in [-0.4, -0.2) is 26.4 Å². The summed E-state index contributed by atoms with van der Waals surface area (Å²) in [6.45, 7) is 8.33. The zero-order valence-corrected chi connectivity index (χ0v) is 12.9. The van der Waals surface area contributed by atoms with Crippen LogP contribution in [0.4, 0.5) is 0 Å². The van der Waals surface area contributed by atoms with E-state index in [2.05, 4.69) is 44.3 Å². The molecule has 0 bridgehead atoms. The van der Waals surface area contributed by atoms with Crippen LogP contribution in [0.3, 0.4) is 0 Å². The minimum atomic E-state index is 0.113. The highest BCUT2D eigenvalue weighted by molar-refractivity contribution is 5.46. The van der Waals surface area contributed by atoms with Crippen molar-refractivity contribution in [3.05, 3.63) is 29.3 Å². The average Bonchev–Trinajstić information content (AvgIpc) is 2.96. The van der Waals surface area contributed by atoms with Crippen molar-refractivity contribution in [2.24, 2.45) is 5.92 Å². The highest BCUT2D eigenvalue weighted by Gasteiger charge is 2.35. The van der Waals surface area contributed by atoms with E-state index >= 15 is 0 Å². The molecule has 2 heterocycles. The summed E-state index contributed by atoms with van der Waals surface area (Å²) in [5.41, 5.74) is 2.80. The van der Waals surface area contributed by atoms with Crippen LogP contribution < -0.4 is 10.1 Å². The minimum absolute atomic E-state index is 0.113. The molecule has 2 aliphatic heterocycles. The van der Waals surface area contributed by atoms with E-state index in [1.807, 2.05) is 7.05 Å². The summed E-state index contributed by atoms with van der Waals surface area (Å²) in [5.74, 6) is 1.59. The zero-order chi connectivity index (χ0) is 14.3. The first-order valence-electron chi connectivity index (χ1n) is 7.59. The zero-order valence-electron chi connectivity index (χ0n) is 12.9. The van der Waals surface area contributed by atoms with Gasteiger partial charge in [-0.2, -0.15) is 0 Å². The Morgan fingerprint density at radius 3 is 2.80 bits per heavy atom. The first-order chi connectivity index (χ1) is 9.53. The first kappa shape index (κ1) is 13.9. The van der Waals surface area contributed by atoms with Crippen molar-refractivity contribution in [3.63, 3.8) is 0 Å². The summed E-state index contributed by atoms with van der Waals surface area (Å²) in [5, 5.41) is 3.49. The van der Waals surface area contributed by atoms with Gasteiger partial charge in [-0.05, 0) is 38.1 Å². The van der Waals surface area contributed by atoms with Gasteiger partial charge < -0.3 is 14.8 Å². The molecule has 3 heteroatoms. The number of benzene rings is 1. The highest BCUT2D eigenvalue weighted by Crippen LogP contribution is 2.41. The SMILES string of the molecule is CNC(c1ccc2c(c1)C(C)(C)CO2)C1CCOC1C. The van der Waals surface area contributed by atoms with Gasteiger partial charge in [-0.15, -0.1) is 0 Å². The fraction of sp³-hybridized carbons (Fsp3) is 0.647. The first-order valence-corrected chi connectivity index (χ1v) is 7.59. The second-order valence-corrected chi connectivity index (χ2v) is 6.72. The van der Waals surface area contributed by atoms with Crippen LogP contribution in [0, 0.1) is 5.92 Å². The molecule has 3 atom stereocenters. The van der Waals surface area contributed by atoms with Crippen molar-refractivity contribution in [3.8, 4) is 5.75 Å². The maximum Gasteiger partial charge on any atom is 0.123 e. The molecule has 1 saturated heterocycles. The molecule has 0 aromatic heterocycles. The Labute approximate surface area is 121 Å². The quantitative estimate of drug-likeness (QED) is 0.919. The Hall–Kier alpha value is -1.06. The molecule has 0 aliphatic carbocycles. The summed E-state index contributed by atoms with van der Waals surface area (Å²) in [4.78, 5) is 0. The Bertz CT molecular complexity index is 498. The van der Waals surface area contributed by atoms with Gasteiger partial charge in [-0.3, -0.25) is 0 Å². The van der Waals surface area contributed by atoms with Gasteiger partial charge in [-0.25, -0.2) is 0 Å². The topological polar surface area (TPSA) is 30.5 Å². The van der Waals surface area contributed by atoms with E-state index < -0.39 is 0 Å². The second-order valence-electron chi connectivity index (χ2n) is 6.72. The maximum absolute atomic E-state index is 5.78. The van der Waals surface area contributed by atoms with Gasteiger partial charge in [0.15, 0.2) is 0 Å². The Morgan fingerprint density at radius 2 is 2.15 bits per heavy atom. The molecule has 3 rings (SSSR count). The average molecular weight is 275 g/mol. The molecule has 1 fully saturated rings. The summed E-state index contributed by atoms with van der Waals surface area (Å²) < 4.78 is 11.5. The molecular weight excluding hydrogens is 250 g/mol. The number of rotatable bonds is 3. The standard InChI is InChI=1S/C17H25NO2/c1-11-13(7-8-19-11)16(18-4)12-5-6-15-14(9-12)17(2,3)10-20-15/h5-6,9,11,13,16,18H,7-8,10H2,1-4H3. The van der Waals surface area contributed by atoms with Gasteiger partial charge in [0.2, 0.25) is 0 Å². The minimum Gasteiger partial charge on any atom is -0.492 e. The van der Waals surface area contributed by atoms with E-state index in [-0.39, 0.29) is 5.41 Å². The third-order valence-electron chi connectivity index (χ3n) is 4.85. The third kappa shape index (κ3) is 2.23. The van der Waals surface area contributed by atoms with Gasteiger partial charge in [0.1, 0.15) is 5.75 Å². The Balaban J connectivity index is 1.93. The summed E-state index contributed by atoms with van der Waals surface area (Å²) in [7, 11) is 2.05. The van der Waals surface area contributed by atoms with Crippen LogP contribution in [0.1, 0.15) is 44.4 Å². The highest BCUT2D eigenvalue weighted by atomic mass is 16.5. The van der Waals surface area contributed by atoms with Crippen molar-refractivity contribution in [1.82, 2.24) is 5.32 Å². The number of hydrogen-bond donors (Lipinski definition) is 1. The second kappa shape index (κ2) is 5.05. The van der Waals surface area contributed by atoms with Gasteiger partial charge >= 0.3 is 0 Å². The van der Waals surface area contributed by atoms with Gasteiger partial charge in [0, 0.05) is 29.5 Å². The van der Waals surface area contributed by atoms with Gasteiger partial charge in [0.25, 0.3) is 0 Å². The molecule has 0 saturated carbocycles. The largest absolute Gasteiger partial charge is 0.492 e. The molecule has 2 aliphatic rings. The summed E-state index contributed by atoms with van der Waals surface area (Å²) >= 11 is 0. The molecule has 1 aromatic carbocycles. The van der Waals surface area contributed by atoms with Crippen molar-refractivity contribution >= 4 is 0 Å². The lowest BCUT2D eigenvalue weighted by atomic mass is 9.82. The van der Waals surface area contributed by atoms with Crippen LogP contribution in [0.25, 0.3) is 0 Å². The van der Waals surface area contributed by atoms with Crippen LogP contribution in [0.15, 0.2) is 18.2 Å². The number of ether oxygens (including phenoxy) is 2. The molecule has 0 spiro atoms. The predicted molar refractivity (Wildman–Crippen MR) is 80.3 cm³/mol. The van der Waals surface area contributed by atoms with Gasteiger partial charge in [-0.1, -0.05) is 19.9 Å². The van der Waals surface area contributed by atoms with E-state index in [1.54, 1.807) is 0 Å². The van der Waals surface area contributed by atoms with Crippen LogP contribution in [-0.2, 0) is 10.2 Å². The lowest BCUT2D eigenvalue weighted by molar-refractivity contribution is 0.0963. The number of fused-ring (bicyclic) bond motifs is 1. The van der Waals surface area contributed by atoms with E-state index in [4.69, 9.17) is 9.47 Å². The van der Waals surface area contributed by atoms with E-state index in [0.717, 1.165) is 25.4 Å². The maximum atomic E-state index is 5.78. The van der Waals surface area contributed by atoms with Crippen molar-refractivity contribution < 1.29 is 9.47 Å². The molecule has 0 radical (unpaired) electrons. The molecule has 3 nitrogen and oxygen atoms in total. The van der Waals surface area contributed by atoms with Crippen LogP contribution in [0.2, 0.25) is 0 Å². The van der Waals surface area contributed by atoms with Gasteiger partial charge in [0.05, 0.1) is 12.7 Å². The monoisotopic (exact) mass is 275 g/mol. The molecule has 1 N–H and O–H groups in total. The fourth-order valence-corrected chi connectivity index (χ4v) is 3.55. The van der Waals surface area contributed by atoms with E-state index in [0.29, 0.717) is 18.1 Å². The van der Waals surface area contributed by atoms with Crippen molar-refractivity contribution in [1.29, 1.82) is 0 Å². The van der Waals surface area contributed by atoms with Crippen molar-refractivity contribution in [2.75, 3.05) is 20.3 Å². The Kier molecular flexibility index (Phi) is 3.51.